The molecule has 1 aromatic rings. The van der Waals surface area contributed by atoms with Crippen molar-refractivity contribution in [3.05, 3.63) is 33.7 Å². The van der Waals surface area contributed by atoms with Crippen LogP contribution < -0.4 is 10.9 Å². The van der Waals surface area contributed by atoms with Gasteiger partial charge in [-0.25, -0.2) is 0 Å². The Bertz CT molecular complexity index is 413. The van der Waals surface area contributed by atoms with E-state index in [4.69, 9.17) is 0 Å². The summed E-state index contributed by atoms with van der Waals surface area (Å²) in [5.41, 5.74) is 2.01. The molecule has 0 aromatic carbocycles. The molecule has 0 atom stereocenters. The van der Waals surface area contributed by atoms with Crippen LogP contribution in [-0.2, 0) is 19.0 Å². The Balaban J connectivity index is 3.14. The summed E-state index contributed by atoms with van der Waals surface area (Å²) in [7, 11) is 1.85. The van der Waals surface area contributed by atoms with E-state index in [-0.39, 0.29) is 11.0 Å². The minimum atomic E-state index is 0.00459. The first-order chi connectivity index (χ1) is 7.38. The molecule has 1 aromatic heterocycles. The molecule has 0 amide bonds. The molecule has 0 bridgehead atoms. The van der Waals surface area contributed by atoms with Crippen LogP contribution in [0.1, 0.15) is 39.0 Å². The van der Waals surface area contributed by atoms with E-state index >= 15 is 0 Å². The van der Waals surface area contributed by atoms with Gasteiger partial charge in [0.05, 0.1) is 0 Å². The third-order valence-corrected chi connectivity index (χ3v) is 2.72. The Morgan fingerprint density at radius 1 is 1.31 bits per heavy atom. The molecule has 1 rings (SSSR count). The fraction of sp³-hybridized carbons (Fsp3) is 0.615. The molecule has 16 heavy (non-hydrogen) atoms. The quantitative estimate of drug-likeness (QED) is 0.846. The summed E-state index contributed by atoms with van der Waals surface area (Å²) in [5.74, 6) is 0. The van der Waals surface area contributed by atoms with Gasteiger partial charge in [0, 0.05) is 30.3 Å². The zero-order valence-electron chi connectivity index (χ0n) is 10.9. The zero-order chi connectivity index (χ0) is 12.3. The molecule has 0 aliphatic carbocycles. The Hall–Kier alpha value is -1.09. The van der Waals surface area contributed by atoms with Crippen molar-refractivity contribution in [3.8, 4) is 0 Å². The highest BCUT2D eigenvalue weighted by molar-refractivity contribution is 5.21. The van der Waals surface area contributed by atoms with Gasteiger partial charge in [0.25, 0.3) is 5.56 Å². The summed E-state index contributed by atoms with van der Waals surface area (Å²) in [6.45, 7) is 9.91. The molecule has 0 radical (unpaired) electrons. The predicted molar refractivity (Wildman–Crippen MR) is 67.8 cm³/mol. The van der Waals surface area contributed by atoms with E-state index in [1.165, 1.54) is 0 Å². The van der Waals surface area contributed by atoms with Gasteiger partial charge in [0.1, 0.15) is 0 Å². The Labute approximate surface area is 97.5 Å². The monoisotopic (exact) mass is 222 g/mol. The number of pyridine rings is 1. The third kappa shape index (κ3) is 2.73. The molecule has 0 unspecified atom stereocenters. The van der Waals surface area contributed by atoms with E-state index in [9.17, 15) is 4.79 Å². The summed E-state index contributed by atoms with van der Waals surface area (Å²) in [4.78, 5) is 12.1. The molecule has 3 nitrogen and oxygen atoms in total. The van der Waals surface area contributed by atoms with Gasteiger partial charge in [0.2, 0.25) is 0 Å². The largest absolute Gasteiger partial charge is 0.315 e. The van der Waals surface area contributed by atoms with Gasteiger partial charge in [-0.15, -0.1) is 0 Å². The number of hydrogen-bond acceptors (Lipinski definition) is 2. The Morgan fingerprint density at radius 3 is 2.44 bits per heavy atom. The number of nitrogens with one attached hydrogen (secondary N) is 1. The molecule has 0 fully saturated rings. The molecule has 3 heteroatoms. The predicted octanol–water partition coefficient (Wildman–Crippen LogP) is 1.79. The van der Waals surface area contributed by atoms with Crippen LogP contribution in [0.5, 0.6) is 0 Å². The van der Waals surface area contributed by atoms with Crippen molar-refractivity contribution in [2.45, 2.75) is 39.7 Å². The maximum Gasteiger partial charge on any atom is 0.255 e. The summed E-state index contributed by atoms with van der Waals surface area (Å²) < 4.78 is 1.76. The van der Waals surface area contributed by atoms with Crippen molar-refractivity contribution in [3.63, 3.8) is 0 Å². The van der Waals surface area contributed by atoms with E-state index < -0.39 is 0 Å². The van der Waals surface area contributed by atoms with Gasteiger partial charge < -0.3 is 9.88 Å². The number of rotatable bonds is 3. The molecule has 1 N–H and O–H groups in total. The van der Waals surface area contributed by atoms with Crippen LogP contribution in [0.15, 0.2) is 16.9 Å². The van der Waals surface area contributed by atoms with E-state index in [1.807, 2.05) is 26.1 Å². The molecule has 0 aliphatic rings. The van der Waals surface area contributed by atoms with Crippen molar-refractivity contribution in [2.75, 3.05) is 6.54 Å². The first kappa shape index (κ1) is 13.0. The Morgan fingerprint density at radius 2 is 1.94 bits per heavy atom. The van der Waals surface area contributed by atoms with E-state index in [0.717, 1.165) is 17.8 Å². The maximum atomic E-state index is 12.1. The second-order valence-electron chi connectivity index (χ2n) is 5.14. The van der Waals surface area contributed by atoms with Gasteiger partial charge in [-0.1, -0.05) is 33.8 Å². The van der Waals surface area contributed by atoms with Crippen LogP contribution in [0.2, 0.25) is 0 Å². The van der Waals surface area contributed by atoms with Gasteiger partial charge in [-0.2, -0.15) is 0 Å². The lowest BCUT2D eigenvalue weighted by Gasteiger charge is -2.22. The third-order valence-electron chi connectivity index (χ3n) is 2.72. The minimum Gasteiger partial charge on any atom is -0.315 e. The number of aromatic nitrogens is 1. The lowest BCUT2D eigenvalue weighted by Crippen LogP contribution is -2.31. The summed E-state index contributed by atoms with van der Waals surface area (Å²) in [6.07, 6.45) is 0. The highest BCUT2D eigenvalue weighted by Gasteiger charge is 2.17. The fourth-order valence-electron chi connectivity index (χ4n) is 1.83. The SMILES string of the molecule is CCNCc1ccc(C(C)(C)C)n(C)c1=O. The van der Waals surface area contributed by atoms with Crippen molar-refractivity contribution >= 4 is 0 Å². The summed E-state index contributed by atoms with van der Waals surface area (Å²) in [6, 6.07) is 3.99. The minimum absolute atomic E-state index is 0.00459. The molecular formula is C13H22N2O. The van der Waals surface area contributed by atoms with Crippen LogP contribution in [0.3, 0.4) is 0 Å². The van der Waals surface area contributed by atoms with Crippen molar-refractivity contribution in [1.82, 2.24) is 9.88 Å². The van der Waals surface area contributed by atoms with Crippen molar-refractivity contribution in [1.29, 1.82) is 0 Å². The van der Waals surface area contributed by atoms with Crippen LogP contribution >= 0.6 is 0 Å². The summed E-state index contributed by atoms with van der Waals surface area (Å²) >= 11 is 0. The lowest BCUT2D eigenvalue weighted by atomic mass is 9.91. The molecular weight excluding hydrogens is 200 g/mol. The highest BCUT2D eigenvalue weighted by atomic mass is 16.1. The maximum absolute atomic E-state index is 12.1. The molecule has 1 heterocycles. The van der Waals surface area contributed by atoms with E-state index in [2.05, 4.69) is 26.1 Å². The average Bonchev–Trinajstić information content (AvgIpc) is 2.18. The van der Waals surface area contributed by atoms with Gasteiger partial charge >= 0.3 is 0 Å². The smallest absolute Gasteiger partial charge is 0.255 e. The lowest BCUT2D eigenvalue weighted by molar-refractivity contribution is 0.528. The zero-order valence-corrected chi connectivity index (χ0v) is 10.9. The molecule has 0 spiro atoms. The average molecular weight is 222 g/mol. The van der Waals surface area contributed by atoms with Crippen molar-refractivity contribution < 1.29 is 0 Å². The van der Waals surface area contributed by atoms with Crippen LogP contribution in [0.4, 0.5) is 0 Å². The highest BCUT2D eigenvalue weighted by Crippen LogP contribution is 2.20. The van der Waals surface area contributed by atoms with Gasteiger partial charge in [-0.05, 0) is 12.6 Å². The molecule has 90 valence electrons. The van der Waals surface area contributed by atoms with Gasteiger partial charge in [-0.3, -0.25) is 4.79 Å². The number of nitrogens with zero attached hydrogens (tertiary/aromatic N) is 1. The topological polar surface area (TPSA) is 34.0 Å². The van der Waals surface area contributed by atoms with Crippen LogP contribution in [0, 0.1) is 0 Å². The normalized spacial score (nSPS) is 11.8. The molecule has 0 aliphatic heterocycles. The van der Waals surface area contributed by atoms with Crippen LogP contribution in [0.25, 0.3) is 0 Å². The van der Waals surface area contributed by atoms with E-state index in [0.29, 0.717) is 6.54 Å². The molecule has 0 saturated carbocycles. The summed E-state index contributed by atoms with van der Waals surface area (Å²) in [5, 5.41) is 3.18. The second-order valence-corrected chi connectivity index (χ2v) is 5.14. The van der Waals surface area contributed by atoms with Crippen LogP contribution in [-0.4, -0.2) is 11.1 Å². The fourth-order valence-corrected chi connectivity index (χ4v) is 1.83. The second kappa shape index (κ2) is 4.83. The van der Waals surface area contributed by atoms with E-state index in [1.54, 1.807) is 4.57 Å². The first-order valence-electron chi connectivity index (χ1n) is 5.78. The molecule has 0 saturated heterocycles. The van der Waals surface area contributed by atoms with Gasteiger partial charge in [0.15, 0.2) is 0 Å². The standard InChI is InChI=1S/C13H22N2O/c1-6-14-9-10-7-8-11(13(2,3)4)15(5)12(10)16/h7-8,14H,6,9H2,1-5H3. The first-order valence-corrected chi connectivity index (χ1v) is 5.78. The Kier molecular flexibility index (Phi) is 3.92. The van der Waals surface area contributed by atoms with Crippen molar-refractivity contribution in [2.24, 2.45) is 7.05 Å². The number of hydrogen-bond donors (Lipinski definition) is 1.